The Bertz CT molecular complexity index is 523. The number of carbonyl (C=O) groups is 1. The van der Waals surface area contributed by atoms with Crippen molar-refractivity contribution in [1.82, 2.24) is 10.2 Å². The number of aliphatic hydroxyl groups is 1. The predicted octanol–water partition coefficient (Wildman–Crippen LogP) is 2.21. The molecule has 5 heteroatoms. The van der Waals surface area contributed by atoms with Gasteiger partial charge in [-0.2, -0.15) is 0 Å². The molecular weight excluding hydrogens is 247 g/mol. The Kier molecular flexibility index (Phi) is 2.89. The fourth-order valence-electron chi connectivity index (χ4n) is 2.49. The third kappa shape index (κ3) is 2.05. The van der Waals surface area contributed by atoms with Gasteiger partial charge in [0, 0.05) is 12.2 Å². The molecule has 1 aromatic rings. The third-order valence-corrected chi connectivity index (χ3v) is 3.76. The average molecular weight is 262 g/mol. The molecule has 1 aromatic carbocycles. The summed E-state index contributed by atoms with van der Waals surface area (Å²) in [4.78, 5) is 13.8. The van der Waals surface area contributed by atoms with Crippen LogP contribution < -0.4 is 5.32 Å². The highest BCUT2D eigenvalue weighted by Crippen LogP contribution is 2.33. The van der Waals surface area contributed by atoms with E-state index in [-0.39, 0.29) is 29.7 Å². The van der Waals surface area contributed by atoms with Gasteiger partial charge in [0.15, 0.2) is 5.76 Å². The monoisotopic (exact) mass is 262 g/mol. The van der Waals surface area contributed by atoms with Crippen LogP contribution in [0.15, 0.2) is 36.2 Å². The number of nitrogens with zero attached hydrogens (tertiary/aromatic N) is 1. The van der Waals surface area contributed by atoms with Crippen LogP contribution in [-0.2, 0) is 4.79 Å². The molecule has 19 heavy (non-hydrogen) atoms. The zero-order valence-corrected chi connectivity index (χ0v) is 10.3. The molecule has 2 aliphatic rings. The minimum atomic E-state index is -0.363. The Morgan fingerprint density at radius 2 is 1.95 bits per heavy atom. The second-order valence-corrected chi connectivity index (χ2v) is 4.95. The molecule has 0 aromatic heterocycles. The molecule has 2 N–H and O–H groups in total. The van der Waals surface area contributed by atoms with Crippen molar-refractivity contribution in [2.24, 2.45) is 0 Å². The summed E-state index contributed by atoms with van der Waals surface area (Å²) in [6, 6.07) is 6.20. The quantitative estimate of drug-likeness (QED) is 0.859. The summed E-state index contributed by atoms with van der Waals surface area (Å²) in [7, 11) is 0. The molecule has 1 atom stereocenters. The molecule has 1 aliphatic heterocycles. The van der Waals surface area contributed by atoms with E-state index in [1.807, 2.05) is 0 Å². The summed E-state index contributed by atoms with van der Waals surface area (Å²) in [5.41, 5.74) is 0.811. The Labute approximate surface area is 110 Å². The fourth-order valence-corrected chi connectivity index (χ4v) is 2.49. The molecule has 1 unspecified atom stereocenters. The van der Waals surface area contributed by atoms with Crippen LogP contribution >= 0.6 is 0 Å². The molecule has 3 rings (SSSR count). The lowest BCUT2D eigenvalue weighted by molar-refractivity contribution is -0.139. The number of amides is 1. The molecule has 0 spiro atoms. The zero-order valence-electron chi connectivity index (χ0n) is 10.3. The van der Waals surface area contributed by atoms with Crippen molar-refractivity contribution in [2.75, 3.05) is 0 Å². The van der Waals surface area contributed by atoms with Gasteiger partial charge in [-0.15, -0.1) is 0 Å². The van der Waals surface area contributed by atoms with Crippen molar-refractivity contribution in [1.29, 1.82) is 0 Å². The number of aliphatic hydroxyl groups excluding tert-OH is 1. The largest absolute Gasteiger partial charge is 0.502 e. The summed E-state index contributed by atoms with van der Waals surface area (Å²) in [6.07, 6.45) is 3.95. The Hall–Kier alpha value is -2.04. The van der Waals surface area contributed by atoms with Crippen LogP contribution in [0.4, 0.5) is 4.39 Å². The predicted molar refractivity (Wildman–Crippen MR) is 67.5 cm³/mol. The molecule has 4 nitrogen and oxygen atoms in total. The minimum Gasteiger partial charge on any atom is -0.502 e. The Morgan fingerprint density at radius 3 is 2.53 bits per heavy atom. The van der Waals surface area contributed by atoms with E-state index in [1.165, 1.54) is 18.3 Å². The van der Waals surface area contributed by atoms with Gasteiger partial charge in [0.05, 0.1) is 0 Å². The second kappa shape index (κ2) is 4.57. The van der Waals surface area contributed by atoms with Gasteiger partial charge >= 0.3 is 0 Å². The Morgan fingerprint density at radius 1 is 1.26 bits per heavy atom. The maximum Gasteiger partial charge on any atom is 0.292 e. The number of hydrogen-bond donors (Lipinski definition) is 2. The number of halogens is 1. The first kappa shape index (κ1) is 12.0. The molecule has 0 radical (unpaired) electrons. The minimum absolute atomic E-state index is 0.144. The summed E-state index contributed by atoms with van der Waals surface area (Å²) in [5.74, 6) is -0.942. The van der Waals surface area contributed by atoms with Crippen molar-refractivity contribution < 1.29 is 14.3 Å². The van der Waals surface area contributed by atoms with Crippen LogP contribution in [0.1, 0.15) is 31.0 Å². The SMILES string of the molecule is O=C1C(O)=CNC(c2ccc(F)cc2)N1C1CCC1. The highest BCUT2D eigenvalue weighted by Gasteiger charge is 2.38. The van der Waals surface area contributed by atoms with Gasteiger partial charge in [0.1, 0.15) is 12.0 Å². The van der Waals surface area contributed by atoms with Crippen molar-refractivity contribution in [2.45, 2.75) is 31.5 Å². The standard InChI is InChI=1S/C14H15FN2O2/c15-10-6-4-9(5-7-10)13-16-8-12(18)14(19)17(13)11-2-1-3-11/h4-8,11,13,16,18H,1-3H2. The lowest BCUT2D eigenvalue weighted by Crippen LogP contribution is -2.52. The number of carbonyl (C=O) groups excluding carboxylic acids is 1. The smallest absolute Gasteiger partial charge is 0.292 e. The highest BCUT2D eigenvalue weighted by atomic mass is 19.1. The molecular formula is C14H15FN2O2. The Balaban J connectivity index is 1.93. The van der Waals surface area contributed by atoms with Gasteiger partial charge in [-0.3, -0.25) is 4.79 Å². The number of benzene rings is 1. The lowest BCUT2D eigenvalue weighted by Gasteiger charge is -2.44. The van der Waals surface area contributed by atoms with Crippen LogP contribution in [0, 0.1) is 5.82 Å². The molecule has 1 heterocycles. The van der Waals surface area contributed by atoms with Gasteiger partial charge in [0.2, 0.25) is 0 Å². The normalized spacial score (nSPS) is 23.6. The summed E-state index contributed by atoms with van der Waals surface area (Å²) < 4.78 is 13.0. The van der Waals surface area contributed by atoms with Crippen molar-refractivity contribution in [3.63, 3.8) is 0 Å². The fraction of sp³-hybridized carbons (Fsp3) is 0.357. The molecule has 0 bridgehead atoms. The van der Waals surface area contributed by atoms with Crippen LogP contribution in [-0.4, -0.2) is 22.0 Å². The molecule has 100 valence electrons. The van der Waals surface area contributed by atoms with Crippen molar-refractivity contribution in [3.8, 4) is 0 Å². The number of hydrogen-bond acceptors (Lipinski definition) is 3. The summed E-state index contributed by atoms with van der Waals surface area (Å²) in [5, 5.41) is 12.6. The van der Waals surface area contributed by atoms with Gasteiger partial charge in [-0.1, -0.05) is 12.1 Å². The van der Waals surface area contributed by atoms with Crippen molar-refractivity contribution >= 4 is 5.91 Å². The number of nitrogens with one attached hydrogen (secondary N) is 1. The summed E-state index contributed by atoms with van der Waals surface area (Å²) >= 11 is 0. The van der Waals surface area contributed by atoms with Crippen LogP contribution in [0.2, 0.25) is 0 Å². The van der Waals surface area contributed by atoms with E-state index in [2.05, 4.69) is 5.32 Å². The second-order valence-electron chi connectivity index (χ2n) is 4.95. The van der Waals surface area contributed by atoms with E-state index in [1.54, 1.807) is 17.0 Å². The molecule has 1 amide bonds. The van der Waals surface area contributed by atoms with Crippen LogP contribution in [0.25, 0.3) is 0 Å². The van der Waals surface area contributed by atoms with Crippen molar-refractivity contribution in [3.05, 3.63) is 47.6 Å². The molecule has 1 aliphatic carbocycles. The highest BCUT2D eigenvalue weighted by molar-refractivity contribution is 5.92. The topological polar surface area (TPSA) is 52.6 Å². The van der Waals surface area contributed by atoms with Crippen LogP contribution in [0.5, 0.6) is 0 Å². The maximum absolute atomic E-state index is 13.0. The van der Waals surface area contributed by atoms with Gasteiger partial charge in [0.25, 0.3) is 5.91 Å². The van der Waals surface area contributed by atoms with Gasteiger partial charge < -0.3 is 15.3 Å². The zero-order chi connectivity index (χ0) is 13.4. The molecule has 1 fully saturated rings. The first-order valence-electron chi connectivity index (χ1n) is 6.40. The van der Waals surface area contributed by atoms with Gasteiger partial charge in [-0.25, -0.2) is 4.39 Å². The van der Waals surface area contributed by atoms with E-state index >= 15 is 0 Å². The van der Waals surface area contributed by atoms with Crippen LogP contribution in [0.3, 0.4) is 0 Å². The van der Waals surface area contributed by atoms with Gasteiger partial charge in [-0.05, 0) is 37.0 Å². The van der Waals surface area contributed by atoms with E-state index in [4.69, 9.17) is 0 Å². The maximum atomic E-state index is 13.0. The molecule has 1 saturated carbocycles. The third-order valence-electron chi connectivity index (χ3n) is 3.76. The van der Waals surface area contributed by atoms with E-state index in [9.17, 15) is 14.3 Å². The lowest BCUT2D eigenvalue weighted by atomic mass is 9.89. The first-order valence-corrected chi connectivity index (χ1v) is 6.40. The number of rotatable bonds is 2. The molecule has 0 saturated heterocycles. The average Bonchev–Trinajstić information content (AvgIpc) is 2.34. The van der Waals surface area contributed by atoms with E-state index in [0.29, 0.717) is 0 Å². The van der Waals surface area contributed by atoms with E-state index in [0.717, 1.165) is 24.8 Å². The summed E-state index contributed by atoms with van der Waals surface area (Å²) in [6.45, 7) is 0. The van der Waals surface area contributed by atoms with E-state index < -0.39 is 0 Å². The first-order chi connectivity index (χ1) is 9.16.